The first-order valence-electron chi connectivity index (χ1n) is 6.65. The van der Waals surface area contributed by atoms with Gasteiger partial charge in [-0.25, -0.2) is 17.5 Å². The van der Waals surface area contributed by atoms with Gasteiger partial charge < -0.3 is 9.26 Å². The Morgan fingerprint density at radius 3 is 2.91 bits per heavy atom. The highest BCUT2D eigenvalue weighted by Crippen LogP contribution is 2.30. The number of nitrogens with zero attached hydrogens (tertiary/aromatic N) is 3. The van der Waals surface area contributed by atoms with Crippen LogP contribution in [0.1, 0.15) is 26.0 Å². The predicted molar refractivity (Wildman–Crippen MR) is 73.8 cm³/mol. The smallest absolute Gasteiger partial charge is 0.270 e. The minimum Gasteiger partial charge on any atom is -0.477 e. The number of anilines is 1. The van der Waals surface area contributed by atoms with E-state index in [0.29, 0.717) is 13.2 Å². The highest BCUT2D eigenvalue weighted by atomic mass is 32.2. The summed E-state index contributed by atoms with van der Waals surface area (Å²) in [6.07, 6.45) is 1.98. The predicted octanol–water partition coefficient (Wildman–Crippen LogP) is 1.66. The second-order valence-corrected chi connectivity index (χ2v) is 7.04. The fourth-order valence-corrected chi connectivity index (χ4v) is 3.09. The second-order valence-electron chi connectivity index (χ2n) is 5.39. The molecule has 0 aromatic carbocycles. The van der Waals surface area contributed by atoms with Crippen molar-refractivity contribution in [2.75, 3.05) is 11.3 Å². The van der Waals surface area contributed by atoms with E-state index in [9.17, 15) is 12.8 Å². The maximum absolute atomic E-state index is 13.7. The highest BCUT2D eigenvalue weighted by Gasteiger charge is 2.29. The van der Waals surface area contributed by atoms with Gasteiger partial charge in [0.25, 0.3) is 10.0 Å². The summed E-state index contributed by atoms with van der Waals surface area (Å²) in [5.41, 5.74) is -1.75. The van der Waals surface area contributed by atoms with Crippen LogP contribution in [-0.2, 0) is 22.2 Å². The second kappa shape index (κ2) is 4.97. The summed E-state index contributed by atoms with van der Waals surface area (Å²) in [6, 6.07) is 1.20. The number of aryl methyl sites for hydroxylation is 1. The van der Waals surface area contributed by atoms with E-state index in [-0.39, 0.29) is 22.4 Å². The van der Waals surface area contributed by atoms with E-state index in [1.165, 1.54) is 30.8 Å². The summed E-state index contributed by atoms with van der Waals surface area (Å²) >= 11 is 0. The molecule has 1 aliphatic rings. The topological polar surface area (TPSA) is 99.2 Å². The number of halogens is 1. The number of nitrogens with one attached hydrogen (secondary N) is 1. The van der Waals surface area contributed by atoms with Crippen LogP contribution < -0.4 is 9.46 Å². The zero-order chi connectivity index (χ0) is 16.0. The van der Waals surface area contributed by atoms with Crippen LogP contribution in [-0.4, -0.2) is 30.0 Å². The molecule has 0 aliphatic carbocycles. The quantitative estimate of drug-likeness (QED) is 0.915. The van der Waals surface area contributed by atoms with Crippen LogP contribution in [0, 0.1) is 0 Å². The van der Waals surface area contributed by atoms with E-state index in [0.717, 1.165) is 6.42 Å². The molecule has 1 aliphatic heterocycles. The number of alkyl halides is 1. The molecule has 120 valence electrons. The van der Waals surface area contributed by atoms with E-state index < -0.39 is 15.7 Å². The zero-order valence-corrected chi connectivity index (χ0v) is 12.9. The summed E-state index contributed by atoms with van der Waals surface area (Å²) < 4.78 is 52.3. The monoisotopic (exact) mass is 330 g/mol. The molecule has 0 unspecified atom stereocenters. The average Bonchev–Trinajstić information content (AvgIpc) is 3.03. The van der Waals surface area contributed by atoms with E-state index in [1.54, 1.807) is 0 Å². The molecule has 0 saturated heterocycles. The standard InChI is InChI=1S/C12H15FN4O4S/c1-12(2,13)9-6-10(15-21-9)16-22(18,19)8-7-14-17-4-3-5-20-11(8)17/h6-7H,3-5H2,1-2H3,(H,15,16). The Bertz CT molecular complexity index is 790. The van der Waals surface area contributed by atoms with Crippen molar-refractivity contribution in [2.24, 2.45) is 0 Å². The van der Waals surface area contributed by atoms with Crippen molar-refractivity contribution in [2.45, 2.75) is 37.4 Å². The van der Waals surface area contributed by atoms with Gasteiger partial charge in [-0.1, -0.05) is 5.16 Å². The highest BCUT2D eigenvalue weighted by molar-refractivity contribution is 7.92. The van der Waals surface area contributed by atoms with Gasteiger partial charge in [-0.15, -0.1) is 0 Å². The number of sulfonamides is 1. The molecule has 0 fully saturated rings. The number of hydrogen-bond donors (Lipinski definition) is 1. The van der Waals surface area contributed by atoms with Crippen molar-refractivity contribution >= 4 is 15.8 Å². The molecule has 1 N–H and O–H groups in total. The molecular weight excluding hydrogens is 315 g/mol. The van der Waals surface area contributed by atoms with Gasteiger partial charge in [-0.3, -0.25) is 4.72 Å². The van der Waals surface area contributed by atoms with Gasteiger partial charge in [0.2, 0.25) is 5.88 Å². The van der Waals surface area contributed by atoms with Gasteiger partial charge >= 0.3 is 0 Å². The van der Waals surface area contributed by atoms with Crippen LogP contribution >= 0.6 is 0 Å². The third kappa shape index (κ3) is 2.65. The Balaban J connectivity index is 1.88. The first-order valence-corrected chi connectivity index (χ1v) is 8.13. The summed E-state index contributed by atoms with van der Waals surface area (Å²) in [4.78, 5) is -0.0868. The van der Waals surface area contributed by atoms with Gasteiger partial charge in [0.05, 0.1) is 12.8 Å². The molecule has 8 nitrogen and oxygen atoms in total. The summed E-state index contributed by atoms with van der Waals surface area (Å²) in [5.74, 6) is 0.0169. The van der Waals surface area contributed by atoms with Crippen LogP contribution in [0.25, 0.3) is 0 Å². The van der Waals surface area contributed by atoms with Crippen molar-refractivity contribution in [3.8, 4) is 5.88 Å². The van der Waals surface area contributed by atoms with Crippen molar-refractivity contribution in [1.29, 1.82) is 0 Å². The number of ether oxygens (including phenoxy) is 1. The van der Waals surface area contributed by atoms with Gasteiger partial charge in [-0.05, 0) is 13.8 Å². The lowest BCUT2D eigenvalue weighted by atomic mass is 10.1. The molecular formula is C12H15FN4O4S. The molecule has 2 aromatic heterocycles. The Labute approximate surface area is 126 Å². The third-order valence-corrected chi connectivity index (χ3v) is 4.47. The Hall–Kier alpha value is -2.10. The zero-order valence-electron chi connectivity index (χ0n) is 12.0. The van der Waals surface area contributed by atoms with Crippen molar-refractivity contribution < 1.29 is 22.1 Å². The molecule has 0 saturated carbocycles. The van der Waals surface area contributed by atoms with Crippen LogP contribution in [0.15, 0.2) is 21.7 Å². The Kier molecular flexibility index (Phi) is 3.35. The van der Waals surface area contributed by atoms with Crippen LogP contribution in [0.5, 0.6) is 5.88 Å². The molecule has 3 heterocycles. The first-order chi connectivity index (χ1) is 10.3. The van der Waals surface area contributed by atoms with Gasteiger partial charge in [0, 0.05) is 19.0 Å². The lowest BCUT2D eigenvalue weighted by Gasteiger charge is -2.15. The summed E-state index contributed by atoms with van der Waals surface area (Å²) in [5, 5.41) is 7.49. The average molecular weight is 330 g/mol. The largest absolute Gasteiger partial charge is 0.477 e. The molecule has 22 heavy (non-hydrogen) atoms. The number of hydrogen-bond acceptors (Lipinski definition) is 6. The summed E-state index contributed by atoms with van der Waals surface area (Å²) in [6.45, 7) is 3.59. The van der Waals surface area contributed by atoms with Crippen molar-refractivity contribution in [1.82, 2.24) is 14.9 Å². The molecule has 0 atom stereocenters. The molecule has 2 aromatic rings. The summed E-state index contributed by atoms with van der Waals surface area (Å²) in [7, 11) is -3.95. The van der Waals surface area contributed by atoms with Crippen LogP contribution in [0.4, 0.5) is 10.2 Å². The first kappa shape index (κ1) is 14.8. The van der Waals surface area contributed by atoms with E-state index in [4.69, 9.17) is 9.26 Å². The number of rotatable bonds is 4. The van der Waals surface area contributed by atoms with E-state index in [2.05, 4.69) is 15.0 Å². The van der Waals surface area contributed by atoms with Gasteiger partial charge in [0.15, 0.2) is 22.1 Å². The van der Waals surface area contributed by atoms with E-state index in [1.807, 2.05) is 0 Å². The third-order valence-electron chi connectivity index (χ3n) is 3.14. The lowest BCUT2D eigenvalue weighted by molar-refractivity contribution is 0.163. The Morgan fingerprint density at radius 1 is 1.45 bits per heavy atom. The maximum atomic E-state index is 13.7. The van der Waals surface area contributed by atoms with Crippen LogP contribution in [0.2, 0.25) is 0 Å². The molecule has 0 amide bonds. The minimum absolute atomic E-state index is 0.0708. The molecule has 3 rings (SSSR count). The molecule has 10 heteroatoms. The van der Waals surface area contributed by atoms with Crippen LogP contribution in [0.3, 0.4) is 0 Å². The lowest BCUT2D eigenvalue weighted by Crippen LogP contribution is -2.18. The molecule has 0 bridgehead atoms. The van der Waals surface area contributed by atoms with Gasteiger partial charge in [-0.2, -0.15) is 5.10 Å². The molecule has 0 radical (unpaired) electrons. The van der Waals surface area contributed by atoms with Crippen molar-refractivity contribution in [3.63, 3.8) is 0 Å². The fourth-order valence-electron chi connectivity index (χ4n) is 2.03. The number of aromatic nitrogens is 3. The van der Waals surface area contributed by atoms with E-state index >= 15 is 0 Å². The normalized spacial score (nSPS) is 15.2. The van der Waals surface area contributed by atoms with Gasteiger partial charge in [0.1, 0.15) is 0 Å². The maximum Gasteiger partial charge on any atom is 0.270 e. The number of fused-ring (bicyclic) bond motifs is 1. The SMILES string of the molecule is CC(C)(F)c1cc(NS(=O)(=O)c2cnn3c2OCCC3)no1. The molecule has 0 spiro atoms. The fraction of sp³-hybridized carbons (Fsp3) is 0.500. The van der Waals surface area contributed by atoms with Crippen molar-refractivity contribution in [3.05, 3.63) is 18.0 Å². The minimum atomic E-state index is -3.95. The Morgan fingerprint density at radius 2 is 2.23 bits per heavy atom.